The van der Waals surface area contributed by atoms with Crippen LogP contribution in [0.15, 0.2) is 34.9 Å². The lowest BCUT2D eigenvalue weighted by atomic mass is 10.2. The fraction of sp³-hybridized carbons (Fsp3) is 0.214. The minimum atomic E-state index is 0.501. The molecule has 1 heterocycles. The summed E-state index contributed by atoms with van der Waals surface area (Å²) in [5.41, 5.74) is 8.37. The number of nitrogens with zero attached hydrogens (tertiary/aromatic N) is 1. The van der Waals surface area contributed by atoms with Crippen LogP contribution < -0.4 is 10.5 Å². The molecule has 100 valence electrons. The summed E-state index contributed by atoms with van der Waals surface area (Å²) in [6, 6.07) is 7.69. The van der Waals surface area contributed by atoms with Gasteiger partial charge in [-0.3, -0.25) is 0 Å². The van der Waals surface area contributed by atoms with Crippen LogP contribution in [0.1, 0.15) is 11.1 Å². The Morgan fingerprint density at radius 2 is 2.16 bits per heavy atom. The van der Waals surface area contributed by atoms with Crippen molar-refractivity contribution in [3.63, 3.8) is 0 Å². The highest BCUT2D eigenvalue weighted by molar-refractivity contribution is 9.10. The minimum absolute atomic E-state index is 0.501. The number of rotatable bonds is 4. The molecular formula is C14H15BrN2O2. The summed E-state index contributed by atoms with van der Waals surface area (Å²) in [5.74, 6) is 1.22. The molecule has 4 nitrogen and oxygen atoms in total. The third kappa shape index (κ3) is 3.24. The minimum Gasteiger partial charge on any atom is -0.438 e. The lowest BCUT2D eigenvalue weighted by Crippen LogP contribution is -1.97. The van der Waals surface area contributed by atoms with Crippen molar-refractivity contribution >= 4 is 21.6 Å². The van der Waals surface area contributed by atoms with Gasteiger partial charge in [0.2, 0.25) is 5.88 Å². The second kappa shape index (κ2) is 6.04. The van der Waals surface area contributed by atoms with E-state index in [9.17, 15) is 0 Å². The number of halogens is 1. The molecular weight excluding hydrogens is 308 g/mol. The van der Waals surface area contributed by atoms with E-state index in [-0.39, 0.29) is 0 Å². The number of hydrogen-bond donors (Lipinski definition) is 1. The first-order valence-electron chi connectivity index (χ1n) is 5.78. The molecule has 5 heteroatoms. The zero-order valence-electron chi connectivity index (χ0n) is 10.8. The molecule has 0 aliphatic carbocycles. The van der Waals surface area contributed by atoms with Gasteiger partial charge in [-0.15, -0.1) is 0 Å². The van der Waals surface area contributed by atoms with E-state index in [2.05, 4.69) is 20.9 Å². The van der Waals surface area contributed by atoms with Crippen LogP contribution in [0.3, 0.4) is 0 Å². The Bertz CT molecular complexity index is 588. The van der Waals surface area contributed by atoms with Crippen LogP contribution in [0, 0.1) is 6.92 Å². The molecule has 0 unspecified atom stereocenters. The molecule has 1 aromatic carbocycles. The lowest BCUT2D eigenvalue weighted by Gasteiger charge is -2.10. The zero-order chi connectivity index (χ0) is 13.8. The average molecular weight is 323 g/mol. The molecule has 19 heavy (non-hydrogen) atoms. The molecule has 2 N–H and O–H groups in total. The number of anilines is 1. The smallest absolute Gasteiger partial charge is 0.233 e. The van der Waals surface area contributed by atoms with Crippen LogP contribution in [0.5, 0.6) is 11.6 Å². The summed E-state index contributed by atoms with van der Waals surface area (Å²) in [6.07, 6.45) is 1.59. The Kier molecular flexibility index (Phi) is 4.39. The molecule has 0 aliphatic heterocycles. The number of nitrogens with two attached hydrogens (primary N) is 1. The number of hydrogen-bond acceptors (Lipinski definition) is 4. The first kappa shape index (κ1) is 13.8. The van der Waals surface area contributed by atoms with E-state index < -0.39 is 0 Å². The van der Waals surface area contributed by atoms with Crippen molar-refractivity contribution in [1.82, 2.24) is 4.98 Å². The van der Waals surface area contributed by atoms with E-state index in [4.69, 9.17) is 15.2 Å². The fourth-order valence-electron chi connectivity index (χ4n) is 1.62. The largest absolute Gasteiger partial charge is 0.438 e. The van der Waals surface area contributed by atoms with Gasteiger partial charge in [0.05, 0.1) is 23.0 Å². The molecule has 0 saturated carbocycles. The van der Waals surface area contributed by atoms with Gasteiger partial charge in [0.15, 0.2) is 0 Å². The number of aromatic nitrogens is 1. The van der Waals surface area contributed by atoms with Crippen molar-refractivity contribution in [3.05, 3.63) is 46.1 Å². The molecule has 0 atom stereocenters. The summed E-state index contributed by atoms with van der Waals surface area (Å²) >= 11 is 3.45. The fourth-order valence-corrected chi connectivity index (χ4v) is 2.03. The van der Waals surface area contributed by atoms with Crippen LogP contribution in [0.25, 0.3) is 0 Å². The summed E-state index contributed by atoms with van der Waals surface area (Å²) in [7, 11) is 1.66. The lowest BCUT2D eigenvalue weighted by molar-refractivity contribution is 0.184. The summed E-state index contributed by atoms with van der Waals surface area (Å²) in [4.78, 5) is 4.18. The van der Waals surface area contributed by atoms with Crippen molar-refractivity contribution in [1.29, 1.82) is 0 Å². The third-order valence-electron chi connectivity index (χ3n) is 2.69. The van der Waals surface area contributed by atoms with Crippen molar-refractivity contribution in [2.45, 2.75) is 13.5 Å². The van der Waals surface area contributed by atoms with Crippen molar-refractivity contribution < 1.29 is 9.47 Å². The highest BCUT2D eigenvalue weighted by Gasteiger charge is 2.09. The normalized spacial score (nSPS) is 10.5. The van der Waals surface area contributed by atoms with E-state index in [1.165, 1.54) is 0 Å². The molecule has 2 aromatic rings. The van der Waals surface area contributed by atoms with Crippen molar-refractivity contribution in [2.24, 2.45) is 0 Å². The van der Waals surface area contributed by atoms with Crippen molar-refractivity contribution in [3.8, 4) is 11.6 Å². The Balaban J connectivity index is 2.26. The Hall–Kier alpha value is -1.59. The van der Waals surface area contributed by atoms with E-state index in [1.807, 2.05) is 31.2 Å². The Morgan fingerprint density at radius 1 is 1.37 bits per heavy atom. The van der Waals surface area contributed by atoms with Gasteiger partial charge in [-0.1, -0.05) is 12.1 Å². The second-order valence-electron chi connectivity index (χ2n) is 4.14. The molecule has 0 spiro atoms. The van der Waals surface area contributed by atoms with Crippen LogP contribution in [-0.4, -0.2) is 12.1 Å². The maximum Gasteiger partial charge on any atom is 0.233 e. The van der Waals surface area contributed by atoms with E-state index in [0.717, 1.165) is 15.6 Å². The predicted molar refractivity (Wildman–Crippen MR) is 78.3 cm³/mol. The summed E-state index contributed by atoms with van der Waals surface area (Å²) in [5, 5.41) is 0. The molecule has 0 bridgehead atoms. The zero-order valence-corrected chi connectivity index (χ0v) is 12.4. The average Bonchev–Trinajstić information content (AvgIpc) is 2.40. The van der Waals surface area contributed by atoms with Crippen LogP contribution in [0.2, 0.25) is 0 Å². The summed E-state index contributed by atoms with van der Waals surface area (Å²) in [6.45, 7) is 2.46. The molecule has 0 saturated heterocycles. The number of benzene rings is 1. The van der Waals surface area contributed by atoms with Gasteiger partial charge < -0.3 is 15.2 Å². The molecule has 2 rings (SSSR count). The standard InChI is InChI=1S/C14H15BrN2O2/c1-9-12(16)7-17-14(13(9)15)19-11-5-3-4-10(6-11)8-18-2/h3-7H,8,16H2,1-2H3. The van der Waals surface area contributed by atoms with Crippen LogP contribution in [0.4, 0.5) is 5.69 Å². The van der Waals surface area contributed by atoms with Crippen LogP contribution in [-0.2, 0) is 11.3 Å². The van der Waals surface area contributed by atoms with Gasteiger partial charge in [0.25, 0.3) is 0 Å². The monoisotopic (exact) mass is 322 g/mol. The molecule has 1 aromatic heterocycles. The maximum atomic E-state index is 5.78. The van der Waals surface area contributed by atoms with Crippen molar-refractivity contribution in [2.75, 3.05) is 12.8 Å². The van der Waals surface area contributed by atoms with Gasteiger partial charge in [0.1, 0.15) is 5.75 Å². The van der Waals surface area contributed by atoms with E-state index in [1.54, 1.807) is 13.3 Å². The van der Waals surface area contributed by atoms with Gasteiger partial charge >= 0.3 is 0 Å². The number of nitrogen functional groups attached to an aromatic ring is 1. The number of methoxy groups -OCH3 is 1. The van der Waals surface area contributed by atoms with Gasteiger partial charge in [-0.05, 0) is 46.1 Å². The summed E-state index contributed by atoms with van der Waals surface area (Å²) < 4.78 is 11.6. The van der Waals surface area contributed by atoms with Crippen LogP contribution >= 0.6 is 15.9 Å². The molecule has 0 amide bonds. The van der Waals surface area contributed by atoms with E-state index in [0.29, 0.717) is 23.9 Å². The van der Waals surface area contributed by atoms with Gasteiger partial charge in [-0.2, -0.15) is 0 Å². The second-order valence-corrected chi connectivity index (χ2v) is 4.93. The number of pyridine rings is 1. The molecule has 0 fully saturated rings. The molecule has 0 radical (unpaired) electrons. The maximum absolute atomic E-state index is 5.78. The quantitative estimate of drug-likeness (QED) is 0.933. The first-order valence-corrected chi connectivity index (χ1v) is 6.57. The Labute approximate surface area is 120 Å². The van der Waals surface area contributed by atoms with Gasteiger partial charge in [-0.25, -0.2) is 4.98 Å². The molecule has 0 aliphatic rings. The van der Waals surface area contributed by atoms with E-state index >= 15 is 0 Å². The highest BCUT2D eigenvalue weighted by atomic mass is 79.9. The first-order chi connectivity index (χ1) is 9.11. The van der Waals surface area contributed by atoms with Gasteiger partial charge in [0, 0.05) is 7.11 Å². The predicted octanol–water partition coefficient (Wildman–Crippen LogP) is 3.67. The third-order valence-corrected chi connectivity index (χ3v) is 3.63. The topological polar surface area (TPSA) is 57.4 Å². The Morgan fingerprint density at radius 3 is 2.89 bits per heavy atom. The SMILES string of the molecule is COCc1cccc(Oc2ncc(N)c(C)c2Br)c1. The number of ether oxygens (including phenoxy) is 2. The highest BCUT2D eigenvalue weighted by Crippen LogP contribution is 2.32.